The second-order valence-electron chi connectivity index (χ2n) is 5.91. The van der Waals surface area contributed by atoms with Gasteiger partial charge in [-0.2, -0.15) is 0 Å². The Labute approximate surface area is 136 Å². The van der Waals surface area contributed by atoms with Gasteiger partial charge in [0.15, 0.2) is 11.6 Å². The monoisotopic (exact) mass is 343 g/mol. The van der Waals surface area contributed by atoms with Gasteiger partial charge >= 0.3 is 0 Å². The Hall–Kier alpha value is -1.47. The van der Waals surface area contributed by atoms with Crippen LogP contribution in [0.3, 0.4) is 0 Å². The third-order valence-electron chi connectivity index (χ3n) is 3.72. The first-order valence-corrected chi connectivity index (χ1v) is 9.42. The predicted octanol–water partition coefficient (Wildman–Crippen LogP) is 2.57. The molecule has 1 unspecified atom stereocenters. The van der Waals surface area contributed by atoms with Crippen molar-refractivity contribution in [1.29, 1.82) is 0 Å². The zero-order valence-corrected chi connectivity index (χ0v) is 13.9. The average Bonchev–Trinajstić information content (AvgIpc) is 3.30. The van der Waals surface area contributed by atoms with E-state index in [4.69, 9.17) is 4.74 Å². The molecule has 0 bridgehead atoms. The van der Waals surface area contributed by atoms with Gasteiger partial charge in [0.1, 0.15) is 6.29 Å². The molecular weight excluding hydrogens is 321 g/mol. The molecule has 1 saturated carbocycles. The summed E-state index contributed by atoms with van der Waals surface area (Å²) in [6.45, 7) is 2.18. The molecule has 1 aromatic rings. The summed E-state index contributed by atoms with van der Waals surface area (Å²) >= 11 is 0. The van der Waals surface area contributed by atoms with Crippen molar-refractivity contribution in [3.63, 3.8) is 0 Å². The molecule has 2 rings (SSSR count). The first kappa shape index (κ1) is 17.9. The molecule has 1 atom stereocenters. The largest absolute Gasteiger partial charge is 0.490 e. The number of carbonyl (C=O) groups excluding carboxylic acids is 1. The number of aldehydes is 1. The van der Waals surface area contributed by atoms with E-state index in [9.17, 15) is 17.6 Å². The van der Waals surface area contributed by atoms with E-state index in [2.05, 4.69) is 4.72 Å². The van der Waals surface area contributed by atoms with E-state index in [0.717, 1.165) is 12.8 Å². The van der Waals surface area contributed by atoms with Crippen molar-refractivity contribution < 1.29 is 22.3 Å². The van der Waals surface area contributed by atoms with E-state index >= 15 is 0 Å². The van der Waals surface area contributed by atoms with Crippen molar-refractivity contribution >= 4 is 16.3 Å². The Morgan fingerprint density at radius 2 is 2.17 bits per heavy atom. The number of sulfonamides is 1. The maximum absolute atomic E-state index is 13.8. The standard InChI is InChI=1S/C16H22FNO4S/c1-12(18-23(20,21)9-3-2-8-19)14-6-7-15(17)16(10-14)22-11-13-4-5-13/h6-8,10,12-13,18H,2-5,9,11H2,1H3. The average molecular weight is 343 g/mol. The van der Waals surface area contributed by atoms with Gasteiger partial charge in [0.2, 0.25) is 10.0 Å². The highest BCUT2D eigenvalue weighted by molar-refractivity contribution is 7.89. The second-order valence-corrected chi connectivity index (χ2v) is 7.78. The van der Waals surface area contributed by atoms with Gasteiger partial charge in [-0.05, 0) is 49.8 Å². The molecule has 1 aliphatic rings. The van der Waals surface area contributed by atoms with Crippen molar-refractivity contribution in [2.75, 3.05) is 12.4 Å². The van der Waals surface area contributed by atoms with Crippen molar-refractivity contribution in [1.82, 2.24) is 4.72 Å². The zero-order valence-electron chi connectivity index (χ0n) is 13.1. The van der Waals surface area contributed by atoms with Crippen LogP contribution in [-0.2, 0) is 14.8 Å². The van der Waals surface area contributed by atoms with E-state index in [1.807, 2.05) is 0 Å². The molecule has 128 valence electrons. The summed E-state index contributed by atoms with van der Waals surface area (Å²) in [6, 6.07) is 3.86. The lowest BCUT2D eigenvalue weighted by Crippen LogP contribution is -2.29. The fourth-order valence-electron chi connectivity index (χ4n) is 2.15. The maximum atomic E-state index is 13.8. The lowest BCUT2D eigenvalue weighted by molar-refractivity contribution is -0.107. The summed E-state index contributed by atoms with van der Waals surface area (Å²) in [4.78, 5) is 10.3. The van der Waals surface area contributed by atoms with Gasteiger partial charge in [-0.15, -0.1) is 0 Å². The van der Waals surface area contributed by atoms with Crippen LogP contribution in [0.25, 0.3) is 0 Å². The summed E-state index contributed by atoms with van der Waals surface area (Å²) in [7, 11) is -3.48. The van der Waals surface area contributed by atoms with Gasteiger partial charge in [-0.25, -0.2) is 17.5 Å². The predicted molar refractivity (Wildman–Crippen MR) is 85.3 cm³/mol. The minimum absolute atomic E-state index is 0.109. The molecule has 1 N–H and O–H groups in total. The van der Waals surface area contributed by atoms with Crippen molar-refractivity contribution in [2.45, 2.75) is 38.6 Å². The Balaban J connectivity index is 1.98. The number of unbranched alkanes of at least 4 members (excludes halogenated alkanes) is 1. The summed E-state index contributed by atoms with van der Waals surface area (Å²) in [6.07, 6.45) is 3.41. The first-order valence-electron chi connectivity index (χ1n) is 7.77. The van der Waals surface area contributed by atoms with Crippen LogP contribution in [0.1, 0.15) is 44.2 Å². The number of rotatable bonds is 10. The minimum Gasteiger partial charge on any atom is -0.490 e. The molecular formula is C16H22FNO4S. The van der Waals surface area contributed by atoms with Crippen LogP contribution in [0.15, 0.2) is 18.2 Å². The van der Waals surface area contributed by atoms with Gasteiger partial charge in [0.05, 0.1) is 12.4 Å². The van der Waals surface area contributed by atoms with Crippen LogP contribution in [0.5, 0.6) is 5.75 Å². The van der Waals surface area contributed by atoms with E-state index in [1.165, 1.54) is 18.2 Å². The van der Waals surface area contributed by atoms with E-state index in [1.54, 1.807) is 6.92 Å². The molecule has 7 heteroatoms. The van der Waals surface area contributed by atoms with Gasteiger partial charge in [0, 0.05) is 12.5 Å². The highest BCUT2D eigenvalue weighted by Gasteiger charge is 2.23. The molecule has 1 aromatic carbocycles. The Kier molecular flexibility index (Phi) is 6.12. The number of hydrogen-bond acceptors (Lipinski definition) is 4. The zero-order chi connectivity index (χ0) is 16.9. The van der Waals surface area contributed by atoms with Crippen LogP contribution >= 0.6 is 0 Å². The van der Waals surface area contributed by atoms with Gasteiger partial charge in [-0.3, -0.25) is 0 Å². The van der Waals surface area contributed by atoms with Crippen LogP contribution < -0.4 is 9.46 Å². The normalized spacial score (nSPS) is 16.1. The summed E-state index contributed by atoms with van der Waals surface area (Å²) in [5.74, 6) is 0.103. The highest BCUT2D eigenvalue weighted by Crippen LogP contribution is 2.31. The Morgan fingerprint density at radius 1 is 1.43 bits per heavy atom. The number of nitrogens with one attached hydrogen (secondary N) is 1. The SMILES string of the molecule is CC(NS(=O)(=O)CCCC=O)c1ccc(F)c(OCC2CC2)c1. The highest BCUT2D eigenvalue weighted by atomic mass is 32.2. The fraction of sp³-hybridized carbons (Fsp3) is 0.562. The van der Waals surface area contributed by atoms with Crippen molar-refractivity contribution in [2.24, 2.45) is 5.92 Å². The molecule has 0 heterocycles. The summed E-state index contributed by atoms with van der Waals surface area (Å²) in [5.41, 5.74) is 0.635. The topological polar surface area (TPSA) is 72.5 Å². The molecule has 23 heavy (non-hydrogen) atoms. The summed E-state index contributed by atoms with van der Waals surface area (Å²) in [5, 5.41) is 0. The molecule has 1 aliphatic carbocycles. The van der Waals surface area contributed by atoms with Gasteiger partial charge in [-0.1, -0.05) is 6.07 Å². The van der Waals surface area contributed by atoms with E-state index in [-0.39, 0.29) is 24.3 Å². The van der Waals surface area contributed by atoms with E-state index < -0.39 is 21.9 Å². The number of benzene rings is 1. The molecule has 0 aromatic heterocycles. The number of hydrogen-bond donors (Lipinski definition) is 1. The maximum Gasteiger partial charge on any atom is 0.212 e. The van der Waals surface area contributed by atoms with Crippen LogP contribution in [0.2, 0.25) is 0 Å². The number of carbonyl (C=O) groups is 1. The van der Waals surface area contributed by atoms with Crippen molar-refractivity contribution in [3.05, 3.63) is 29.6 Å². The second kappa shape index (κ2) is 7.88. The van der Waals surface area contributed by atoms with Crippen LogP contribution in [-0.4, -0.2) is 27.1 Å². The molecule has 0 spiro atoms. The Bertz CT molecular complexity index is 643. The minimum atomic E-state index is -3.48. The van der Waals surface area contributed by atoms with Crippen molar-refractivity contribution in [3.8, 4) is 5.75 Å². The van der Waals surface area contributed by atoms with Gasteiger partial charge < -0.3 is 9.53 Å². The van der Waals surface area contributed by atoms with Gasteiger partial charge in [0.25, 0.3) is 0 Å². The molecule has 0 amide bonds. The quantitative estimate of drug-likeness (QED) is 0.523. The third kappa shape index (κ3) is 5.91. The molecule has 0 saturated heterocycles. The molecule has 1 fully saturated rings. The number of halogens is 1. The third-order valence-corrected chi connectivity index (χ3v) is 5.26. The van der Waals surface area contributed by atoms with Crippen LogP contribution in [0, 0.1) is 11.7 Å². The lowest BCUT2D eigenvalue weighted by Gasteiger charge is -2.16. The molecule has 0 aliphatic heterocycles. The van der Waals surface area contributed by atoms with Crippen LogP contribution in [0.4, 0.5) is 4.39 Å². The smallest absolute Gasteiger partial charge is 0.212 e. The number of ether oxygens (including phenoxy) is 1. The van der Waals surface area contributed by atoms with E-state index in [0.29, 0.717) is 24.4 Å². The molecule has 0 radical (unpaired) electrons. The molecule has 5 nitrogen and oxygen atoms in total. The first-order chi connectivity index (χ1) is 10.9. The lowest BCUT2D eigenvalue weighted by atomic mass is 10.1. The summed E-state index contributed by atoms with van der Waals surface area (Å²) < 4.78 is 45.6. The Morgan fingerprint density at radius 3 is 2.83 bits per heavy atom. The fourth-order valence-corrected chi connectivity index (χ4v) is 3.48.